The van der Waals surface area contributed by atoms with E-state index in [4.69, 9.17) is 5.11 Å². The number of halogens is 1. The molecule has 0 aromatic heterocycles. The van der Waals surface area contributed by atoms with Gasteiger partial charge in [-0.1, -0.05) is 41.4 Å². The fourth-order valence-corrected chi connectivity index (χ4v) is 2.32. The van der Waals surface area contributed by atoms with Crippen molar-refractivity contribution in [1.29, 1.82) is 0 Å². The minimum Gasteiger partial charge on any atom is -0.480 e. The van der Waals surface area contributed by atoms with Crippen molar-refractivity contribution >= 4 is 33.9 Å². The molecule has 0 saturated carbocycles. The van der Waals surface area contributed by atoms with E-state index in [-0.39, 0.29) is 0 Å². The molecule has 2 N–H and O–H groups in total. The highest BCUT2D eigenvalue weighted by Crippen LogP contribution is 2.19. The number of carboxylic acids is 1. The molecule has 1 aromatic carbocycles. The fraction of sp³-hybridized carbons (Fsp3) is 0.333. The number of hydrogen-bond donors (Lipinski definition) is 2. The molecule has 0 heterocycles. The van der Waals surface area contributed by atoms with Crippen LogP contribution in [0.1, 0.15) is 30.9 Å². The summed E-state index contributed by atoms with van der Waals surface area (Å²) in [6.45, 7) is 3.86. The van der Waals surface area contributed by atoms with Crippen LogP contribution in [0.4, 0.5) is 0 Å². The van der Waals surface area contributed by atoms with Gasteiger partial charge >= 0.3 is 5.97 Å². The number of benzene rings is 1. The molecule has 1 amide bonds. The van der Waals surface area contributed by atoms with Gasteiger partial charge in [0.15, 0.2) is 0 Å². The molecule has 0 fully saturated rings. The molecule has 0 aliphatic heterocycles. The second-order valence-corrected chi connectivity index (χ2v) is 5.40. The van der Waals surface area contributed by atoms with Gasteiger partial charge in [0.05, 0.1) is 0 Å². The van der Waals surface area contributed by atoms with Crippen molar-refractivity contribution in [3.05, 3.63) is 39.9 Å². The summed E-state index contributed by atoms with van der Waals surface area (Å²) in [7, 11) is 0. The summed E-state index contributed by atoms with van der Waals surface area (Å²) in [5.41, 5.74) is 1.99. The number of amides is 1. The Bertz CT molecular complexity index is 526. The van der Waals surface area contributed by atoms with Crippen LogP contribution in [-0.2, 0) is 9.59 Å². The lowest BCUT2D eigenvalue weighted by atomic mass is 10.1. The fourth-order valence-electron chi connectivity index (χ4n) is 1.70. The Morgan fingerprint density at radius 1 is 1.45 bits per heavy atom. The number of aryl methyl sites for hydroxylation is 1. The van der Waals surface area contributed by atoms with Crippen LogP contribution in [0.5, 0.6) is 0 Å². The Labute approximate surface area is 127 Å². The van der Waals surface area contributed by atoms with Crippen LogP contribution in [0, 0.1) is 6.92 Å². The monoisotopic (exact) mass is 339 g/mol. The zero-order valence-electron chi connectivity index (χ0n) is 11.5. The maximum atomic E-state index is 11.7. The minimum absolute atomic E-state index is 0.404. The largest absolute Gasteiger partial charge is 0.480 e. The van der Waals surface area contributed by atoms with Crippen LogP contribution < -0.4 is 5.32 Å². The predicted molar refractivity (Wildman–Crippen MR) is 82.4 cm³/mol. The van der Waals surface area contributed by atoms with E-state index < -0.39 is 17.9 Å². The van der Waals surface area contributed by atoms with Gasteiger partial charge in [0, 0.05) is 10.5 Å². The van der Waals surface area contributed by atoms with Gasteiger partial charge in [-0.2, -0.15) is 0 Å². The highest BCUT2D eigenvalue weighted by Gasteiger charge is 2.17. The summed E-state index contributed by atoms with van der Waals surface area (Å²) in [5, 5.41) is 11.4. The van der Waals surface area contributed by atoms with Crippen molar-refractivity contribution < 1.29 is 14.7 Å². The van der Waals surface area contributed by atoms with Crippen LogP contribution in [0.15, 0.2) is 28.7 Å². The normalized spacial score (nSPS) is 12.3. The maximum absolute atomic E-state index is 11.7. The van der Waals surface area contributed by atoms with Gasteiger partial charge in [-0.25, -0.2) is 4.79 Å². The number of rotatable bonds is 6. The minimum atomic E-state index is -1.01. The van der Waals surface area contributed by atoms with Crippen molar-refractivity contribution in [2.24, 2.45) is 0 Å². The van der Waals surface area contributed by atoms with Gasteiger partial charge < -0.3 is 10.4 Å². The molecular formula is C15H18BrNO3. The molecule has 0 spiro atoms. The molecule has 0 aliphatic rings. The van der Waals surface area contributed by atoms with Gasteiger partial charge in [-0.05, 0) is 36.6 Å². The van der Waals surface area contributed by atoms with Crippen LogP contribution in [0.2, 0.25) is 0 Å². The zero-order chi connectivity index (χ0) is 15.1. The predicted octanol–water partition coefficient (Wildman–Crippen LogP) is 3.14. The van der Waals surface area contributed by atoms with Crippen molar-refractivity contribution in [2.45, 2.75) is 32.7 Å². The Balaban J connectivity index is 2.69. The second kappa shape index (κ2) is 7.85. The van der Waals surface area contributed by atoms with E-state index >= 15 is 0 Å². The first kappa shape index (κ1) is 16.4. The molecular weight excluding hydrogens is 322 g/mol. The molecule has 0 saturated heterocycles. The summed E-state index contributed by atoms with van der Waals surface area (Å²) in [4.78, 5) is 22.7. The lowest BCUT2D eigenvalue weighted by Crippen LogP contribution is -2.39. The molecule has 1 atom stereocenters. The summed E-state index contributed by atoms with van der Waals surface area (Å²) in [5.74, 6) is -1.41. The first-order chi connectivity index (χ1) is 9.43. The second-order valence-electron chi connectivity index (χ2n) is 4.55. The van der Waals surface area contributed by atoms with Crippen molar-refractivity contribution in [3.63, 3.8) is 0 Å². The lowest BCUT2D eigenvalue weighted by molar-refractivity contribution is -0.141. The van der Waals surface area contributed by atoms with E-state index in [2.05, 4.69) is 21.2 Å². The molecule has 0 radical (unpaired) electrons. The summed E-state index contributed by atoms with van der Waals surface area (Å²) in [6, 6.07) is 4.96. The van der Waals surface area contributed by atoms with Crippen molar-refractivity contribution in [3.8, 4) is 0 Å². The Morgan fingerprint density at radius 3 is 2.70 bits per heavy atom. The Kier molecular flexibility index (Phi) is 6.45. The lowest BCUT2D eigenvalue weighted by Gasteiger charge is -2.11. The van der Waals surface area contributed by atoms with E-state index in [1.54, 1.807) is 6.08 Å². The Hall–Kier alpha value is -1.62. The first-order valence-electron chi connectivity index (χ1n) is 6.41. The summed E-state index contributed by atoms with van der Waals surface area (Å²) < 4.78 is 0.893. The van der Waals surface area contributed by atoms with Gasteiger partial charge in [0.1, 0.15) is 6.04 Å². The van der Waals surface area contributed by atoms with E-state index in [9.17, 15) is 9.59 Å². The molecule has 5 heteroatoms. The van der Waals surface area contributed by atoms with Gasteiger partial charge in [0.25, 0.3) is 0 Å². The number of carbonyl (C=O) groups is 2. The smallest absolute Gasteiger partial charge is 0.326 e. The molecule has 20 heavy (non-hydrogen) atoms. The molecule has 1 aromatic rings. The topological polar surface area (TPSA) is 66.4 Å². The van der Waals surface area contributed by atoms with Crippen molar-refractivity contribution in [1.82, 2.24) is 5.32 Å². The highest BCUT2D eigenvalue weighted by atomic mass is 79.9. The quantitative estimate of drug-likeness (QED) is 0.782. The number of hydrogen-bond acceptors (Lipinski definition) is 2. The highest BCUT2D eigenvalue weighted by molar-refractivity contribution is 9.10. The standard InChI is InChI=1S/C15H18BrNO3/c1-3-4-13(15(19)20)17-14(18)8-7-11-6-5-10(2)9-12(11)16/h5-9,13H,3-4H2,1-2H3,(H,17,18)(H,19,20)/b8-7+. The maximum Gasteiger partial charge on any atom is 0.326 e. The Morgan fingerprint density at radius 2 is 2.15 bits per heavy atom. The van der Waals surface area contributed by atoms with E-state index in [1.165, 1.54) is 6.08 Å². The molecule has 0 bridgehead atoms. The number of aliphatic carboxylic acids is 1. The molecule has 0 aliphatic carbocycles. The van der Waals surface area contributed by atoms with E-state index in [0.29, 0.717) is 12.8 Å². The van der Waals surface area contributed by atoms with Crippen molar-refractivity contribution in [2.75, 3.05) is 0 Å². The third kappa shape index (κ3) is 5.17. The first-order valence-corrected chi connectivity index (χ1v) is 7.21. The van der Waals surface area contributed by atoms with Crippen LogP contribution in [0.3, 0.4) is 0 Å². The third-order valence-corrected chi connectivity index (χ3v) is 3.45. The number of carboxylic acid groups (broad SMARTS) is 1. The molecule has 108 valence electrons. The van der Waals surface area contributed by atoms with E-state index in [0.717, 1.165) is 15.6 Å². The average Bonchev–Trinajstić information content (AvgIpc) is 2.37. The zero-order valence-corrected chi connectivity index (χ0v) is 13.1. The van der Waals surface area contributed by atoms with Gasteiger partial charge in [0.2, 0.25) is 5.91 Å². The average molecular weight is 340 g/mol. The summed E-state index contributed by atoms with van der Waals surface area (Å²) >= 11 is 3.42. The molecule has 4 nitrogen and oxygen atoms in total. The van der Waals surface area contributed by atoms with Crippen LogP contribution >= 0.6 is 15.9 Å². The van der Waals surface area contributed by atoms with Gasteiger partial charge in [-0.3, -0.25) is 4.79 Å². The van der Waals surface area contributed by atoms with Gasteiger partial charge in [-0.15, -0.1) is 0 Å². The number of nitrogens with one attached hydrogen (secondary N) is 1. The number of carbonyl (C=O) groups excluding carboxylic acids is 1. The molecule has 1 rings (SSSR count). The third-order valence-electron chi connectivity index (χ3n) is 2.76. The van der Waals surface area contributed by atoms with Crippen LogP contribution in [0.25, 0.3) is 6.08 Å². The summed E-state index contributed by atoms with van der Waals surface area (Å²) in [6.07, 6.45) is 4.12. The molecule has 1 unspecified atom stereocenters. The van der Waals surface area contributed by atoms with Crippen LogP contribution in [-0.4, -0.2) is 23.0 Å². The SMILES string of the molecule is CCCC(NC(=O)/C=C/c1ccc(C)cc1Br)C(=O)O. The van der Waals surface area contributed by atoms with E-state index in [1.807, 2.05) is 32.0 Å².